The maximum Gasteiger partial charge on any atom is 1.00 e. The van der Waals surface area contributed by atoms with E-state index in [-0.39, 0.29) is 25.0 Å². The van der Waals surface area contributed by atoms with Gasteiger partial charge < -0.3 is 16.1 Å². The van der Waals surface area contributed by atoms with E-state index in [4.69, 9.17) is 19.2 Å². The minimum atomic E-state index is -4.64. The minimum absolute atomic E-state index is 0. The molecule has 0 aromatic heterocycles. The van der Waals surface area contributed by atoms with Crippen LogP contribution in [0.4, 0.5) is 4.70 Å². The second-order valence-electron chi connectivity index (χ2n) is 0.513. The Labute approximate surface area is 52.8 Å². The maximum atomic E-state index is 8.88. The van der Waals surface area contributed by atoms with E-state index in [2.05, 4.69) is 0 Å². The third-order valence-electron chi connectivity index (χ3n) is 0. The van der Waals surface area contributed by atoms with E-state index in [1.54, 1.807) is 0 Å². The van der Waals surface area contributed by atoms with E-state index >= 15 is 0 Å². The maximum absolute atomic E-state index is 8.88. The summed E-state index contributed by atoms with van der Waals surface area (Å²) >= 11 is 0. The Morgan fingerprint density at radius 3 is 1.29 bits per heavy atom. The Morgan fingerprint density at radius 2 is 1.29 bits per heavy atom. The van der Waals surface area contributed by atoms with Gasteiger partial charge >= 0.3 is 26.7 Å². The van der Waals surface area contributed by atoms with E-state index in [1.165, 1.54) is 0 Å². The van der Waals surface area contributed by atoms with Crippen LogP contribution >= 0.6 is 7.82 Å². The van der Waals surface area contributed by atoms with Crippen molar-refractivity contribution in [3.8, 4) is 0 Å². The first-order valence-corrected chi connectivity index (χ1v) is 2.35. The molecule has 0 aliphatic carbocycles. The molecule has 0 bridgehead atoms. The summed E-state index contributed by atoms with van der Waals surface area (Å²) < 4.78 is 8.88. The first kappa shape index (κ1) is 15.6. The second kappa shape index (κ2) is 4.79. The predicted octanol–water partition coefficient (Wildman–Crippen LogP) is -3.66. The van der Waals surface area contributed by atoms with Gasteiger partial charge in [-0.2, -0.15) is 0 Å². The monoisotopic (exact) mass is 126 g/mol. The Morgan fingerprint density at radius 1 is 1.29 bits per heavy atom. The largest absolute Gasteiger partial charge is 1.00 e. The molecule has 3 N–H and O–H groups in total. The molecule has 0 saturated heterocycles. The third kappa shape index (κ3) is 351. The summed E-state index contributed by atoms with van der Waals surface area (Å²) in [5, 5.41) is 0. The van der Waals surface area contributed by atoms with Crippen molar-refractivity contribution in [3.05, 3.63) is 0 Å². The van der Waals surface area contributed by atoms with E-state index in [1.807, 2.05) is 0 Å². The summed E-state index contributed by atoms with van der Waals surface area (Å²) in [5.74, 6) is 0. The molecule has 0 unspecified atom stereocenters. The zero-order valence-corrected chi connectivity index (χ0v) is 4.50. The molecule has 0 aliphatic rings. The molecule has 0 aliphatic heterocycles. The first-order chi connectivity index (χ1) is 2.00. The number of rotatable bonds is 0. The molecule has 4 nitrogen and oxygen atoms in total. The fourth-order valence-corrected chi connectivity index (χ4v) is 0. The predicted molar refractivity (Wildman–Crippen MR) is 17.9 cm³/mol. The number of phosphoric acid groups is 1. The molecule has 0 radical (unpaired) electrons. The average Bonchev–Trinajstić information content (AvgIpc) is 0.722. The van der Waals surface area contributed by atoms with Crippen molar-refractivity contribution in [1.82, 2.24) is 0 Å². The summed E-state index contributed by atoms with van der Waals surface area (Å²) in [5.41, 5.74) is 0. The molecule has 0 rings (SSSR count). The van der Waals surface area contributed by atoms with Gasteiger partial charge in [-0.15, -0.1) is 0 Å². The summed E-state index contributed by atoms with van der Waals surface area (Å²) in [6.07, 6.45) is 0. The Balaban J connectivity index is -0.0000000267. The molecule has 0 aromatic carbocycles. The summed E-state index contributed by atoms with van der Waals surface area (Å²) in [4.78, 5) is 21.6. The summed E-state index contributed by atoms with van der Waals surface area (Å²) in [6.45, 7) is 0. The van der Waals surface area contributed by atoms with Crippen LogP contribution in [-0.4, -0.2) is 14.7 Å². The van der Waals surface area contributed by atoms with E-state index in [9.17, 15) is 0 Å². The van der Waals surface area contributed by atoms with Crippen molar-refractivity contribution in [2.24, 2.45) is 0 Å². The van der Waals surface area contributed by atoms with Crippen LogP contribution in [0.2, 0.25) is 0 Å². The Bertz CT molecular complexity index is 62.2. The van der Waals surface area contributed by atoms with Gasteiger partial charge in [-0.05, 0) is 0 Å². The molecule has 0 aromatic rings. The van der Waals surface area contributed by atoms with Crippen LogP contribution in [0.5, 0.6) is 0 Å². The normalized spacial score (nSPS) is 8.43. The molecule has 0 atom stereocenters. The van der Waals surface area contributed by atoms with Gasteiger partial charge in [-0.25, -0.2) is 4.57 Å². The van der Waals surface area contributed by atoms with Crippen LogP contribution in [0.25, 0.3) is 0 Å². The van der Waals surface area contributed by atoms with Crippen molar-refractivity contribution >= 4 is 7.82 Å². The van der Waals surface area contributed by atoms with Gasteiger partial charge in [0.2, 0.25) is 0 Å². The smallest absolute Gasteiger partial charge is 1.00 e. The van der Waals surface area contributed by atoms with Crippen LogP contribution in [0, 0.1) is 0 Å². The molecule has 7 heavy (non-hydrogen) atoms. The molecule has 42 valence electrons. The second-order valence-corrected chi connectivity index (χ2v) is 1.54. The molecular weight excluding hydrogens is 121 g/mol. The first-order valence-electron chi connectivity index (χ1n) is 0.783. The molecule has 0 saturated carbocycles. The standard InChI is InChI=1S/FH.Li.H3O4P.H/c;;1-5(2,3)4;/h1H;;(H3,1,2,3,4);/q;+1;;-1. The fourth-order valence-electron chi connectivity index (χ4n) is 0. The molecule has 0 fully saturated rings. The van der Waals surface area contributed by atoms with E-state index in [0.29, 0.717) is 0 Å². The van der Waals surface area contributed by atoms with Gasteiger partial charge in [0.05, 0.1) is 0 Å². The topological polar surface area (TPSA) is 77.8 Å². The van der Waals surface area contributed by atoms with Gasteiger partial charge in [-0.3, -0.25) is 4.70 Å². The van der Waals surface area contributed by atoms with Crippen molar-refractivity contribution in [3.63, 3.8) is 0 Å². The minimum Gasteiger partial charge on any atom is -1.00 e. The third-order valence-corrected chi connectivity index (χ3v) is 0. The van der Waals surface area contributed by atoms with E-state index < -0.39 is 7.82 Å². The number of halogens is 1. The fraction of sp³-hybridized carbons (Fsp3) is 0. The van der Waals surface area contributed by atoms with Crippen LogP contribution in [-0.2, 0) is 4.57 Å². The van der Waals surface area contributed by atoms with Gasteiger partial charge in [-0.1, -0.05) is 0 Å². The molecule has 0 amide bonds. The Kier molecular flexibility index (Phi) is 10.7. The zero-order valence-electron chi connectivity index (χ0n) is 4.61. The molecule has 0 heterocycles. The van der Waals surface area contributed by atoms with Crippen LogP contribution in [0.15, 0.2) is 0 Å². The molecule has 0 spiro atoms. The zero-order chi connectivity index (χ0) is 4.50. The SMILES string of the molecule is F.O=P(O)(O)O.[H-].[Li+]. The van der Waals surface area contributed by atoms with Gasteiger partial charge in [0, 0.05) is 0 Å². The van der Waals surface area contributed by atoms with Gasteiger partial charge in [0.25, 0.3) is 0 Å². The van der Waals surface area contributed by atoms with Crippen LogP contribution in [0.3, 0.4) is 0 Å². The van der Waals surface area contributed by atoms with Crippen molar-refractivity contribution < 1.29 is 44.2 Å². The van der Waals surface area contributed by atoms with E-state index in [0.717, 1.165) is 0 Å². The quantitative estimate of drug-likeness (QED) is 0.231. The van der Waals surface area contributed by atoms with Crippen molar-refractivity contribution in [2.45, 2.75) is 0 Å². The van der Waals surface area contributed by atoms with Crippen molar-refractivity contribution in [2.75, 3.05) is 0 Å². The van der Waals surface area contributed by atoms with Crippen molar-refractivity contribution in [1.29, 1.82) is 0 Å². The average molecular weight is 126 g/mol. The summed E-state index contributed by atoms with van der Waals surface area (Å²) in [7, 11) is -4.64. The summed E-state index contributed by atoms with van der Waals surface area (Å²) in [6, 6.07) is 0. The molecule has 7 heteroatoms. The molecular formula is H5FLiO4P. The van der Waals surface area contributed by atoms with Crippen LogP contribution < -0.4 is 18.9 Å². The number of hydrogen-bond donors (Lipinski definition) is 3. The Hall–Kier alpha value is 0.637. The van der Waals surface area contributed by atoms with Gasteiger partial charge in [0.1, 0.15) is 0 Å². The number of hydrogen-bond acceptors (Lipinski definition) is 1. The van der Waals surface area contributed by atoms with Gasteiger partial charge in [0.15, 0.2) is 0 Å². The van der Waals surface area contributed by atoms with Crippen LogP contribution in [0.1, 0.15) is 1.43 Å².